The molecule has 0 radical (unpaired) electrons. The molecule has 2 saturated heterocycles. The fourth-order valence-corrected chi connectivity index (χ4v) is 4.80. The van der Waals surface area contributed by atoms with Crippen LogP contribution in [-0.2, 0) is 9.53 Å². The van der Waals surface area contributed by atoms with Crippen molar-refractivity contribution >= 4 is 59.1 Å². The fourth-order valence-electron chi connectivity index (χ4n) is 4.15. The standard InChI is InChI=1S/C16H19IN4O2.2ClH/c1-21-10-4-6-14(21)15(16(22)23-2)11(8-10)9-3-5-13(19-20-18)12(17)7-9;;/h3,5,7,10-11,14-15H,4,6,8H2,1-2H3;2*1H/t10-,11+,14+,15-;;/m0../s1. The van der Waals surface area contributed by atoms with Crippen molar-refractivity contribution in [1.29, 1.82) is 0 Å². The first-order valence-electron chi connectivity index (χ1n) is 7.71. The monoisotopic (exact) mass is 498 g/mol. The number of ether oxygens (including phenoxy) is 1. The van der Waals surface area contributed by atoms with Gasteiger partial charge in [-0.05, 0) is 66.1 Å². The molecule has 0 aliphatic carbocycles. The Balaban J connectivity index is 0.00000156. The highest BCUT2D eigenvalue weighted by atomic mass is 127. The second-order valence-corrected chi connectivity index (χ2v) is 7.42. The Morgan fingerprint density at radius 1 is 1.40 bits per heavy atom. The highest BCUT2D eigenvalue weighted by Gasteiger charge is 2.49. The van der Waals surface area contributed by atoms with Crippen molar-refractivity contribution < 1.29 is 9.53 Å². The van der Waals surface area contributed by atoms with Gasteiger partial charge in [0.2, 0.25) is 0 Å². The molecule has 9 heteroatoms. The third-order valence-electron chi connectivity index (χ3n) is 5.29. The Morgan fingerprint density at radius 3 is 2.72 bits per heavy atom. The van der Waals surface area contributed by atoms with E-state index in [0.29, 0.717) is 11.7 Å². The lowest BCUT2D eigenvalue weighted by Gasteiger charge is -2.41. The number of halogens is 3. The van der Waals surface area contributed by atoms with Crippen LogP contribution in [0.1, 0.15) is 30.7 Å². The average Bonchev–Trinajstić information content (AvgIpc) is 2.79. The highest BCUT2D eigenvalue weighted by Crippen LogP contribution is 2.47. The van der Waals surface area contributed by atoms with Crippen LogP contribution in [0.4, 0.5) is 5.69 Å². The maximum Gasteiger partial charge on any atom is 0.310 e. The van der Waals surface area contributed by atoms with Gasteiger partial charge in [-0.2, -0.15) is 0 Å². The third-order valence-corrected chi connectivity index (χ3v) is 6.16. The van der Waals surface area contributed by atoms with Gasteiger partial charge in [-0.3, -0.25) is 9.69 Å². The van der Waals surface area contributed by atoms with Crippen molar-refractivity contribution in [3.8, 4) is 0 Å². The van der Waals surface area contributed by atoms with Crippen LogP contribution in [0.25, 0.3) is 10.4 Å². The molecule has 138 valence electrons. The Labute approximate surface area is 173 Å². The zero-order valence-electron chi connectivity index (χ0n) is 14.0. The number of methoxy groups -OCH3 is 1. The molecule has 2 fully saturated rings. The van der Waals surface area contributed by atoms with E-state index in [0.717, 1.165) is 28.4 Å². The molecule has 0 saturated carbocycles. The number of rotatable bonds is 3. The Bertz CT molecular complexity index is 684. The molecule has 1 aromatic rings. The molecule has 25 heavy (non-hydrogen) atoms. The molecule has 2 heterocycles. The largest absolute Gasteiger partial charge is 0.469 e. The van der Waals surface area contributed by atoms with Crippen LogP contribution >= 0.6 is 47.4 Å². The maximum absolute atomic E-state index is 12.4. The van der Waals surface area contributed by atoms with Crippen LogP contribution in [0.5, 0.6) is 0 Å². The van der Waals surface area contributed by atoms with E-state index in [1.54, 1.807) is 0 Å². The van der Waals surface area contributed by atoms with Crippen molar-refractivity contribution in [1.82, 2.24) is 4.90 Å². The first-order chi connectivity index (χ1) is 11.1. The molecule has 3 rings (SSSR count). The number of esters is 1. The summed E-state index contributed by atoms with van der Waals surface area (Å²) in [4.78, 5) is 17.6. The summed E-state index contributed by atoms with van der Waals surface area (Å²) in [5.41, 5.74) is 10.4. The lowest BCUT2D eigenvalue weighted by atomic mass is 9.76. The average molecular weight is 499 g/mol. The fraction of sp³-hybridized carbons (Fsp3) is 0.562. The number of nitrogens with zero attached hydrogens (tertiary/aromatic N) is 4. The zero-order chi connectivity index (χ0) is 16.6. The second kappa shape index (κ2) is 9.28. The summed E-state index contributed by atoms with van der Waals surface area (Å²) < 4.78 is 6.01. The molecule has 6 nitrogen and oxygen atoms in total. The minimum Gasteiger partial charge on any atom is -0.469 e. The van der Waals surface area contributed by atoms with E-state index in [-0.39, 0.29) is 48.7 Å². The number of benzene rings is 1. The van der Waals surface area contributed by atoms with Crippen LogP contribution in [0.2, 0.25) is 0 Å². The van der Waals surface area contributed by atoms with E-state index in [9.17, 15) is 4.79 Å². The quantitative estimate of drug-likeness (QED) is 0.197. The summed E-state index contributed by atoms with van der Waals surface area (Å²) in [6, 6.07) is 6.64. The van der Waals surface area contributed by atoms with Gasteiger partial charge in [0.25, 0.3) is 0 Å². The topological polar surface area (TPSA) is 78.3 Å². The molecule has 0 amide bonds. The van der Waals surface area contributed by atoms with Gasteiger partial charge in [0.1, 0.15) is 0 Å². The van der Waals surface area contributed by atoms with E-state index in [1.165, 1.54) is 7.11 Å². The lowest BCUT2D eigenvalue weighted by Crippen LogP contribution is -2.49. The Kier molecular flexibility index (Phi) is 8.28. The summed E-state index contributed by atoms with van der Waals surface area (Å²) >= 11 is 2.18. The molecule has 4 atom stereocenters. The highest BCUT2D eigenvalue weighted by molar-refractivity contribution is 14.1. The molecule has 0 N–H and O–H groups in total. The maximum atomic E-state index is 12.4. The molecule has 2 aliphatic rings. The van der Waals surface area contributed by atoms with Crippen molar-refractivity contribution in [2.75, 3.05) is 14.2 Å². The number of fused-ring (bicyclic) bond motifs is 2. The molecule has 2 aliphatic heterocycles. The van der Waals surface area contributed by atoms with Crippen molar-refractivity contribution in [2.45, 2.75) is 37.3 Å². The first-order valence-corrected chi connectivity index (χ1v) is 8.79. The van der Waals surface area contributed by atoms with Gasteiger partial charge in [-0.1, -0.05) is 17.2 Å². The number of piperidine rings is 1. The summed E-state index contributed by atoms with van der Waals surface area (Å²) in [6.07, 6.45) is 3.15. The van der Waals surface area contributed by atoms with Crippen LogP contribution in [0, 0.1) is 9.49 Å². The van der Waals surface area contributed by atoms with Crippen LogP contribution in [-0.4, -0.2) is 37.1 Å². The van der Waals surface area contributed by atoms with E-state index in [4.69, 9.17) is 10.3 Å². The van der Waals surface area contributed by atoms with E-state index >= 15 is 0 Å². The molecular weight excluding hydrogens is 478 g/mol. The number of carbonyl (C=O) groups excluding carboxylic acids is 1. The SMILES string of the molecule is COC(=O)[C@H]1[C@@H](c2ccc(N=[N+]=[N-])c(I)c2)C[C@@H]2CC[C@H]1N2C.Cl.Cl. The normalized spacial score (nSPS) is 27.5. The predicted molar refractivity (Wildman–Crippen MR) is 110 cm³/mol. The molecule has 0 unspecified atom stereocenters. The number of hydrogen-bond donors (Lipinski definition) is 0. The van der Waals surface area contributed by atoms with E-state index in [2.05, 4.69) is 44.6 Å². The molecule has 0 spiro atoms. The van der Waals surface area contributed by atoms with Gasteiger partial charge >= 0.3 is 5.97 Å². The van der Waals surface area contributed by atoms with Crippen molar-refractivity contribution in [3.63, 3.8) is 0 Å². The molecular formula is C16H21Cl2IN4O2. The van der Waals surface area contributed by atoms with E-state index in [1.807, 2.05) is 18.2 Å². The Morgan fingerprint density at radius 2 is 2.12 bits per heavy atom. The molecule has 0 aromatic heterocycles. The van der Waals surface area contributed by atoms with Gasteiger partial charge in [0, 0.05) is 26.5 Å². The first kappa shape index (κ1) is 22.3. The summed E-state index contributed by atoms with van der Waals surface area (Å²) in [6.45, 7) is 0. The second-order valence-electron chi connectivity index (χ2n) is 6.26. The number of carbonyl (C=O) groups is 1. The van der Waals surface area contributed by atoms with Gasteiger partial charge < -0.3 is 4.74 Å². The van der Waals surface area contributed by atoms with Crippen LogP contribution in [0.3, 0.4) is 0 Å². The third kappa shape index (κ3) is 4.17. The minimum atomic E-state index is -0.134. The summed E-state index contributed by atoms with van der Waals surface area (Å²) in [5, 5.41) is 3.69. The zero-order valence-corrected chi connectivity index (χ0v) is 17.8. The molecule has 2 bridgehead atoms. The summed E-state index contributed by atoms with van der Waals surface area (Å²) in [7, 11) is 3.58. The van der Waals surface area contributed by atoms with Crippen molar-refractivity contribution in [3.05, 3.63) is 37.8 Å². The van der Waals surface area contributed by atoms with Crippen molar-refractivity contribution in [2.24, 2.45) is 11.0 Å². The number of azide groups is 1. The van der Waals surface area contributed by atoms with Gasteiger partial charge in [0.05, 0.1) is 18.7 Å². The van der Waals surface area contributed by atoms with Gasteiger partial charge in [0.15, 0.2) is 0 Å². The lowest BCUT2D eigenvalue weighted by molar-refractivity contribution is -0.150. The smallest absolute Gasteiger partial charge is 0.310 e. The van der Waals surface area contributed by atoms with E-state index < -0.39 is 0 Å². The summed E-state index contributed by atoms with van der Waals surface area (Å²) in [5.74, 6) is -0.101. The van der Waals surface area contributed by atoms with Gasteiger partial charge in [-0.25, -0.2) is 0 Å². The Hall–Kier alpha value is -0.730. The predicted octanol–water partition coefficient (Wildman–Crippen LogP) is 4.82. The number of hydrogen-bond acceptors (Lipinski definition) is 4. The van der Waals surface area contributed by atoms with Crippen LogP contribution < -0.4 is 0 Å². The van der Waals surface area contributed by atoms with Gasteiger partial charge in [-0.15, -0.1) is 24.8 Å². The molecule has 1 aromatic carbocycles. The van der Waals surface area contributed by atoms with Crippen LogP contribution in [0.15, 0.2) is 23.3 Å². The minimum absolute atomic E-state index is 0.